The molecule has 2 aromatic rings. The molecule has 0 aliphatic carbocycles. The third-order valence-electron chi connectivity index (χ3n) is 3.82. The molecule has 2 nitrogen and oxygen atoms in total. The Bertz CT molecular complexity index is 639. The van der Waals surface area contributed by atoms with Crippen molar-refractivity contribution < 1.29 is 9.09 Å². The fourth-order valence-electron chi connectivity index (χ4n) is 2.61. The van der Waals surface area contributed by atoms with Crippen molar-refractivity contribution in [3.63, 3.8) is 0 Å². The van der Waals surface area contributed by atoms with Gasteiger partial charge >= 0.3 is 0 Å². The van der Waals surface area contributed by atoms with Crippen LogP contribution in [-0.4, -0.2) is 6.16 Å². The molecule has 0 spiro atoms. The van der Waals surface area contributed by atoms with Crippen molar-refractivity contribution >= 4 is 12.7 Å². The average molecular weight is 302 g/mol. The van der Waals surface area contributed by atoms with E-state index in [9.17, 15) is 4.57 Å². The second-order valence-electron chi connectivity index (χ2n) is 5.48. The maximum absolute atomic E-state index is 13.0. The lowest BCUT2D eigenvalue weighted by Gasteiger charge is -2.19. The van der Waals surface area contributed by atoms with Crippen molar-refractivity contribution in [2.75, 3.05) is 6.16 Å². The molecule has 0 radical (unpaired) electrons. The number of benzene rings is 2. The Balaban J connectivity index is 2.24. The molecule has 112 valence electrons. The van der Waals surface area contributed by atoms with Gasteiger partial charge in [0, 0.05) is 11.5 Å². The molecule has 0 N–H and O–H groups in total. The standard InChI is InChI=1S/C18H23O2P/c1-5-21(19,17-9-7-6-8-10-17)20-13-18-15(3)11-14(2)12-16(18)4/h6-12H,5,13H2,1-4H3. The maximum atomic E-state index is 13.0. The summed E-state index contributed by atoms with van der Waals surface area (Å²) in [6, 6.07) is 13.8. The second kappa shape index (κ2) is 6.60. The van der Waals surface area contributed by atoms with E-state index in [0.717, 1.165) is 10.9 Å². The lowest BCUT2D eigenvalue weighted by atomic mass is 10.0. The van der Waals surface area contributed by atoms with E-state index in [4.69, 9.17) is 4.52 Å². The van der Waals surface area contributed by atoms with E-state index >= 15 is 0 Å². The monoisotopic (exact) mass is 302 g/mol. The molecule has 0 fully saturated rings. The highest BCUT2D eigenvalue weighted by Crippen LogP contribution is 2.46. The minimum absolute atomic E-state index is 0.401. The van der Waals surface area contributed by atoms with Crippen LogP contribution in [0.3, 0.4) is 0 Å². The lowest BCUT2D eigenvalue weighted by molar-refractivity contribution is 0.309. The van der Waals surface area contributed by atoms with E-state index in [1.807, 2.05) is 37.3 Å². The molecule has 2 aromatic carbocycles. The first kappa shape index (κ1) is 16.0. The molecule has 2 rings (SSSR count). The fourth-order valence-corrected chi connectivity index (χ4v) is 4.27. The largest absolute Gasteiger partial charge is 0.320 e. The first-order valence-electron chi connectivity index (χ1n) is 7.32. The van der Waals surface area contributed by atoms with Gasteiger partial charge < -0.3 is 4.52 Å². The van der Waals surface area contributed by atoms with E-state index in [1.54, 1.807) is 0 Å². The Morgan fingerprint density at radius 1 is 1.00 bits per heavy atom. The molecule has 0 saturated carbocycles. The van der Waals surface area contributed by atoms with E-state index in [1.165, 1.54) is 16.7 Å². The van der Waals surface area contributed by atoms with Crippen LogP contribution in [0.25, 0.3) is 0 Å². The van der Waals surface area contributed by atoms with Crippen LogP contribution in [0.4, 0.5) is 0 Å². The average Bonchev–Trinajstić information content (AvgIpc) is 2.46. The van der Waals surface area contributed by atoms with Crippen LogP contribution in [0.15, 0.2) is 42.5 Å². The normalized spacial score (nSPS) is 13.9. The Hall–Kier alpha value is -1.37. The minimum Gasteiger partial charge on any atom is -0.320 e. The molecular weight excluding hydrogens is 279 g/mol. The summed E-state index contributed by atoms with van der Waals surface area (Å²) >= 11 is 0. The van der Waals surface area contributed by atoms with Crippen molar-refractivity contribution in [1.82, 2.24) is 0 Å². The van der Waals surface area contributed by atoms with E-state index in [0.29, 0.717) is 12.8 Å². The Kier molecular flexibility index (Phi) is 5.03. The topological polar surface area (TPSA) is 26.3 Å². The molecule has 0 aliphatic heterocycles. The molecule has 1 unspecified atom stereocenters. The van der Waals surface area contributed by atoms with Crippen LogP contribution in [0, 0.1) is 20.8 Å². The quantitative estimate of drug-likeness (QED) is 0.745. The summed E-state index contributed by atoms with van der Waals surface area (Å²) in [5.41, 5.74) is 4.78. The predicted molar refractivity (Wildman–Crippen MR) is 89.7 cm³/mol. The van der Waals surface area contributed by atoms with Gasteiger partial charge in [-0.05, 0) is 49.6 Å². The summed E-state index contributed by atoms with van der Waals surface area (Å²) in [7, 11) is -2.77. The van der Waals surface area contributed by atoms with Gasteiger partial charge in [0.1, 0.15) is 0 Å². The fraction of sp³-hybridized carbons (Fsp3) is 0.333. The van der Waals surface area contributed by atoms with Gasteiger partial charge in [-0.15, -0.1) is 0 Å². The van der Waals surface area contributed by atoms with Crippen LogP contribution in [-0.2, 0) is 15.7 Å². The van der Waals surface area contributed by atoms with Gasteiger partial charge in [0.2, 0.25) is 7.37 Å². The van der Waals surface area contributed by atoms with Gasteiger partial charge in [-0.1, -0.05) is 42.8 Å². The van der Waals surface area contributed by atoms with Crippen LogP contribution in [0.2, 0.25) is 0 Å². The highest BCUT2D eigenvalue weighted by molar-refractivity contribution is 7.66. The first-order valence-corrected chi connectivity index (χ1v) is 9.13. The summed E-state index contributed by atoms with van der Waals surface area (Å²) < 4.78 is 18.9. The van der Waals surface area contributed by atoms with Crippen LogP contribution in [0.1, 0.15) is 29.2 Å². The van der Waals surface area contributed by atoms with E-state index in [-0.39, 0.29) is 0 Å². The zero-order valence-electron chi connectivity index (χ0n) is 13.2. The SMILES string of the molecule is CCP(=O)(OCc1c(C)cc(C)cc1C)c1ccccc1. The number of aryl methyl sites for hydroxylation is 3. The molecular formula is C18H23O2P. The highest BCUT2D eigenvalue weighted by atomic mass is 31.2. The lowest BCUT2D eigenvalue weighted by Crippen LogP contribution is -2.10. The molecule has 0 aromatic heterocycles. The van der Waals surface area contributed by atoms with Crippen molar-refractivity contribution in [1.29, 1.82) is 0 Å². The Morgan fingerprint density at radius 2 is 1.57 bits per heavy atom. The van der Waals surface area contributed by atoms with Gasteiger partial charge in [0.15, 0.2) is 0 Å². The number of hydrogen-bond acceptors (Lipinski definition) is 2. The molecule has 0 amide bonds. The van der Waals surface area contributed by atoms with Crippen LogP contribution in [0.5, 0.6) is 0 Å². The summed E-state index contributed by atoms with van der Waals surface area (Å²) in [6.07, 6.45) is 0.515. The van der Waals surface area contributed by atoms with Gasteiger partial charge in [0.05, 0.1) is 6.61 Å². The van der Waals surface area contributed by atoms with E-state index < -0.39 is 7.37 Å². The predicted octanol–water partition coefficient (Wildman–Crippen LogP) is 4.75. The Labute approximate surface area is 127 Å². The Morgan fingerprint density at radius 3 is 2.10 bits per heavy atom. The molecule has 0 saturated heterocycles. The molecule has 1 atom stereocenters. The first-order chi connectivity index (χ1) is 9.96. The minimum atomic E-state index is -2.77. The third kappa shape index (κ3) is 3.64. The molecule has 0 heterocycles. The zero-order chi connectivity index (χ0) is 15.5. The number of rotatable bonds is 5. The molecule has 0 bridgehead atoms. The maximum Gasteiger partial charge on any atom is 0.232 e. The van der Waals surface area contributed by atoms with Crippen molar-refractivity contribution in [3.8, 4) is 0 Å². The van der Waals surface area contributed by atoms with Crippen molar-refractivity contribution in [2.45, 2.75) is 34.3 Å². The second-order valence-corrected chi connectivity index (χ2v) is 8.23. The third-order valence-corrected chi connectivity index (χ3v) is 6.29. The van der Waals surface area contributed by atoms with Crippen molar-refractivity contribution in [3.05, 3.63) is 64.7 Å². The van der Waals surface area contributed by atoms with Gasteiger partial charge in [-0.25, -0.2) is 0 Å². The highest BCUT2D eigenvalue weighted by Gasteiger charge is 2.23. The molecule has 3 heteroatoms. The summed E-state index contributed by atoms with van der Waals surface area (Å²) in [5.74, 6) is 0. The van der Waals surface area contributed by atoms with Gasteiger partial charge in [0.25, 0.3) is 0 Å². The van der Waals surface area contributed by atoms with Crippen molar-refractivity contribution in [2.24, 2.45) is 0 Å². The summed E-state index contributed by atoms with van der Waals surface area (Å²) in [5, 5.41) is 0.801. The van der Waals surface area contributed by atoms with Gasteiger partial charge in [-0.3, -0.25) is 4.57 Å². The van der Waals surface area contributed by atoms with E-state index in [2.05, 4.69) is 32.9 Å². The van der Waals surface area contributed by atoms with Crippen LogP contribution >= 0.6 is 7.37 Å². The smallest absolute Gasteiger partial charge is 0.232 e. The molecule has 0 aliphatic rings. The molecule has 21 heavy (non-hydrogen) atoms. The number of hydrogen-bond donors (Lipinski definition) is 0. The summed E-state index contributed by atoms with van der Waals surface area (Å²) in [6.45, 7) is 8.57. The summed E-state index contributed by atoms with van der Waals surface area (Å²) in [4.78, 5) is 0. The van der Waals surface area contributed by atoms with Crippen LogP contribution < -0.4 is 5.30 Å². The zero-order valence-corrected chi connectivity index (χ0v) is 14.1. The van der Waals surface area contributed by atoms with Gasteiger partial charge in [-0.2, -0.15) is 0 Å².